The van der Waals surface area contributed by atoms with Gasteiger partial charge in [0.15, 0.2) is 6.54 Å². The smallest absolute Gasteiger partial charge is 0.279 e. The van der Waals surface area contributed by atoms with E-state index >= 15 is 0 Å². The SMILES string of the molecule is CC(C)C[NH2+]CC(=O)N1CC(=O)N(c2ccc(F)cc2)C1. The number of quaternary nitrogens is 1. The molecule has 2 N–H and O–H groups in total. The van der Waals surface area contributed by atoms with Crippen LogP contribution in [0.5, 0.6) is 0 Å². The summed E-state index contributed by atoms with van der Waals surface area (Å²) >= 11 is 0. The highest BCUT2D eigenvalue weighted by atomic mass is 19.1. The number of anilines is 1. The molecule has 1 aromatic carbocycles. The van der Waals surface area contributed by atoms with Crippen LogP contribution in [0, 0.1) is 11.7 Å². The van der Waals surface area contributed by atoms with E-state index < -0.39 is 0 Å². The zero-order chi connectivity index (χ0) is 15.4. The molecule has 0 bridgehead atoms. The molecule has 1 heterocycles. The minimum Gasteiger partial charge on any atom is -0.338 e. The molecule has 114 valence electrons. The number of hydrogen-bond acceptors (Lipinski definition) is 2. The number of carbonyl (C=O) groups is 2. The van der Waals surface area contributed by atoms with E-state index in [1.165, 1.54) is 21.9 Å². The van der Waals surface area contributed by atoms with Gasteiger partial charge in [-0.15, -0.1) is 0 Å². The Labute approximate surface area is 123 Å². The highest BCUT2D eigenvalue weighted by Crippen LogP contribution is 2.19. The maximum Gasteiger partial charge on any atom is 0.279 e. The highest BCUT2D eigenvalue weighted by molar-refractivity contribution is 6.00. The van der Waals surface area contributed by atoms with Crippen LogP contribution in [0.25, 0.3) is 0 Å². The second kappa shape index (κ2) is 6.67. The largest absolute Gasteiger partial charge is 0.338 e. The molecule has 1 fully saturated rings. The number of benzene rings is 1. The third-order valence-corrected chi connectivity index (χ3v) is 3.39. The molecule has 2 rings (SSSR count). The zero-order valence-corrected chi connectivity index (χ0v) is 12.4. The first kappa shape index (κ1) is 15.4. The van der Waals surface area contributed by atoms with Crippen LogP contribution in [0.1, 0.15) is 13.8 Å². The molecular weight excluding hydrogens is 273 g/mol. The molecule has 2 amide bonds. The number of nitrogens with zero attached hydrogens (tertiary/aromatic N) is 2. The number of rotatable bonds is 5. The fourth-order valence-corrected chi connectivity index (χ4v) is 2.23. The lowest BCUT2D eigenvalue weighted by Crippen LogP contribution is -2.87. The lowest BCUT2D eigenvalue weighted by Gasteiger charge is -2.17. The van der Waals surface area contributed by atoms with Crippen molar-refractivity contribution >= 4 is 17.5 Å². The molecule has 1 aromatic rings. The molecule has 5 nitrogen and oxygen atoms in total. The molecule has 0 atom stereocenters. The molecule has 0 aliphatic carbocycles. The Balaban J connectivity index is 1.93. The second-order valence-corrected chi connectivity index (χ2v) is 5.65. The Kier molecular flexibility index (Phi) is 4.90. The van der Waals surface area contributed by atoms with Gasteiger partial charge < -0.3 is 10.2 Å². The molecule has 0 spiro atoms. The van der Waals surface area contributed by atoms with Crippen LogP contribution in [0.4, 0.5) is 10.1 Å². The molecule has 0 aromatic heterocycles. The Hall–Kier alpha value is -1.95. The average Bonchev–Trinajstić information content (AvgIpc) is 2.81. The molecular formula is C15H21FN3O2+. The summed E-state index contributed by atoms with van der Waals surface area (Å²) in [7, 11) is 0. The van der Waals surface area contributed by atoms with Gasteiger partial charge in [-0.25, -0.2) is 4.39 Å². The van der Waals surface area contributed by atoms with Crippen LogP contribution < -0.4 is 10.2 Å². The molecule has 6 heteroatoms. The van der Waals surface area contributed by atoms with E-state index in [4.69, 9.17) is 0 Å². The van der Waals surface area contributed by atoms with Crippen LogP contribution in [0.2, 0.25) is 0 Å². The summed E-state index contributed by atoms with van der Waals surface area (Å²) in [5.74, 6) is -0.0113. The summed E-state index contributed by atoms with van der Waals surface area (Å²) in [6, 6.07) is 5.71. The molecule has 1 aliphatic heterocycles. The maximum absolute atomic E-state index is 12.9. The van der Waals surface area contributed by atoms with E-state index in [1.54, 1.807) is 12.1 Å². The van der Waals surface area contributed by atoms with Crippen LogP contribution >= 0.6 is 0 Å². The maximum atomic E-state index is 12.9. The summed E-state index contributed by atoms with van der Waals surface area (Å²) in [5, 5.41) is 1.96. The standard InChI is InChI=1S/C15H20FN3O2/c1-11(2)7-17-8-14(20)18-9-15(21)19(10-18)13-5-3-12(16)4-6-13/h3-6,11,17H,7-10H2,1-2H3/p+1. The third-order valence-electron chi connectivity index (χ3n) is 3.39. The number of amides is 2. The fraction of sp³-hybridized carbons (Fsp3) is 0.467. The first-order valence-corrected chi connectivity index (χ1v) is 7.12. The quantitative estimate of drug-likeness (QED) is 0.842. The number of hydrogen-bond donors (Lipinski definition) is 1. The normalized spacial score (nSPS) is 15.1. The van der Waals surface area contributed by atoms with Gasteiger partial charge in [0, 0.05) is 11.6 Å². The first-order valence-electron chi connectivity index (χ1n) is 7.12. The molecule has 1 aliphatic rings. The van der Waals surface area contributed by atoms with Gasteiger partial charge in [-0.05, 0) is 24.3 Å². The van der Waals surface area contributed by atoms with Crippen LogP contribution in [0.3, 0.4) is 0 Å². The monoisotopic (exact) mass is 294 g/mol. The Morgan fingerprint density at radius 3 is 2.62 bits per heavy atom. The number of carbonyl (C=O) groups excluding carboxylic acids is 2. The molecule has 0 radical (unpaired) electrons. The van der Waals surface area contributed by atoms with Crippen molar-refractivity contribution in [3.8, 4) is 0 Å². The van der Waals surface area contributed by atoms with Crippen molar-refractivity contribution in [2.45, 2.75) is 13.8 Å². The van der Waals surface area contributed by atoms with Gasteiger partial charge in [0.1, 0.15) is 19.0 Å². The van der Waals surface area contributed by atoms with Crippen LogP contribution in [-0.4, -0.2) is 43.0 Å². The Morgan fingerprint density at radius 1 is 1.33 bits per heavy atom. The van der Waals surface area contributed by atoms with Crippen molar-refractivity contribution in [1.82, 2.24) is 4.90 Å². The summed E-state index contributed by atoms with van der Waals surface area (Å²) in [6.45, 7) is 5.75. The van der Waals surface area contributed by atoms with E-state index in [-0.39, 0.29) is 30.8 Å². The van der Waals surface area contributed by atoms with Gasteiger partial charge in [0.05, 0.1) is 6.54 Å². The van der Waals surface area contributed by atoms with Gasteiger partial charge in [0.25, 0.3) is 5.91 Å². The van der Waals surface area contributed by atoms with Gasteiger partial charge in [0.2, 0.25) is 5.91 Å². The molecule has 0 saturated carbocycles. The summed E-state index contributed by atoms with van der Waals surface area (Å²) < 4.78 is 12.9. The summed E-state index contributed by atoms with van der Waals surface area (Å²) in [6.07, 6.45) is 0. The van der Waals surface area contributed by atoms with E-state index in [9.17, 15) is 14.0 Å². The molecule has 1 saturated heterocycles. The Morgan fingerprint density at radius 2 is 2.00 bits per heavy atom. The van der Waals surface area contributed by atoms with Gasteiger partial charge in [-0.3, -0.25) is 14.5 Å². The van der Waals surface area contributed by atoms with Crippen molar-refractivity contribution in [3.05, 3.63) is 30.1 Å². The second-order valence-electron chi connectivity index (χ2n) is 5.65. The van der Waals surface area contributed by atoms with Gasteiger partial charge in [-0.1, -0.05) is 13.8 Å². The predicted molar refractivity (Wildman–Crippen MR) is 77.0 cm³/mol. The van der Waals surface area contributed by atoms with Crippen molar-refractivity contribution in [2.24, 2.45) is 5.92 Å². The highest BCUT2D eigenvalue weighted by Gasteiger charge is 2.32. The fourth-order valence-electron chi connectivity index (χ4n) is 2.23. The average molecular weight is 294 g/mol. The van der Waals surface area contributed by atoms with Crippen molar-refractivity contribution in [1.29, 1.82) is 0 Å². The Bertz CT molecular complexity index is 516. The van der Waals surface area contributed by atoms with Crippen molar-refractivity contribution in [3.63, 3.8) is 0 Å². The lowest BCUT2D eigenvalue weighted by atomic mass is 10.2. The minimum absolute atomic E-state index is 0.0476. The van der Waals surface area contributed by atoms with Crippen LogP contribution in [-0.2, 0) is 9.59 Å². The van der Waals surface area contributed by atoms with E-state index in [1.807, 2.05) is 5.32 Å². The van der Waals surface area contributed by atoms with Crippen LogP contribution in [0.15, 0.2) is 24.3 Å². The van der Waals surface area contributed by atoms with E-state index in [0.29, 0.717) is 18.2 Å². The van der Waals surface area contributed by atoms with Gasteiger partial charge >= 0.3 is 0 Å². The van der Waals surface area contributed by atoms with E-state index in [0.717, 1.165) is 6.54 Å². The van der Waals surface area contributed by atoms with Crippen molar-refractivity contribution < 1.29 is 19.3 Å². The molecule has 0 unspecified atom stereocenters. The van der Waals surface area contributed by atoms with Crippen molar-refractivity contribution in [2.75, 3.05) is 31.2 Å². The summed E-state index contributed by atoms with van der Waals surface area (Å²) in [4.78, 5) is 27.1. The first-order chi connectivity index (χ1) is 9.97. The summed E-state index contributed by atoms with van der Waals surface area (Å²) in [5.41, 5.74) is 0.614. The number of halogens is 1. The predicted octanol–water partition coefficient (Wildman–Crippen LogP) is 0.178. The number of nitrogens with two attached hydrogens (primary N) is 1. The van der Waals surface area contributed by atoms with Gasteiger partial charge in [-0.2, -0.15) is 0 Å². The minimum atomic E-state index is -0.346. The lowest BCUT2D eigenvalue weighted by molar-refractivity contribution is -0.649. The van der Waals surface area contributed by atoms with E-state index in [2.05, 4.69) is 13.8 Å². The third kappa shape index (κ3) is 4.01. The molecule has 21 heavy (non-hydrogen) atoms. The zero-order valence-electron chi connectivity index (χ0n) is 12.4. The topological polar surface area (TPSA) is 57.2 Å².